The lowest BCUT2D eigenvalue weighted by Gasteiger charge is -2.28. The molecule has 23 heavy (non-hydrogen) atoms. The van der Waals surface area contributed by atoms with E-state index in [1.165, 1.54) is 0 Å². The molecule has 0 aliphatic carbocycles. The minimum absolute atomic E-state index is 0.107. The maximum atomic E-state index is 12.6. The van der Waals surface area contributed by atoms with E-state index < -0.39 is 18.6 Å². The van der Waals surface area contributed by atoms with Gasteiger partial charge in [0.2, 0.25) is 0 Å². The number of amides is 1. The molecule has 1 aliphatic heterocycles. The van der Waals surface area contributed by atoms with E-state index in [2.05, 4.69) is 0 Å². The van der Waals surface area contributed by atoms with E-state index in [4.69, 9.17) is 4.42 Å². The van der Waals surface area contributed by atoms with Crippen LogP contribution in [0.4, 0.5) is 13.2 Å². The Hall–Kier alpha value is -1.50. The number of furan rings is 1. The minimum Gasteiger partial charge on any atom is -0.466 e. The number of carbonyl (C=O) groups is 1. The van der Waals surface area contributed by atoms with Crippen LogP contribution < -0.4 is 0 Å². The lowest BCUT2D eigenvalue weighted by atomic mass is 10.2. The van der Waals surface area contributed by atoms with Gasteiger partial charge in [0.1, 0.15) is 11.5 Å². The van der Waals surface area contributed by atoms with Crippen LogP contribution >= 0.6 is 0 Å². The summed E-state index contributed by atoms with van der Waals surface area (Å²) >= 11 is 0. The summed E-state index contributed by atoms with van der Waals surface area (Å²) in [5.41, 5.74) is 0.541. The Balaban J connectivity index is 1.98. The molecule has 1 aliphatic rings. The van der Waals surface area contributed by atoms with Gasteiger partial charge in [-0.05, 0) is 33.3 Å². The quantitative estimate of drug-likeness (QED) is 0.851. The Bertz CT molecular complexity index is 554. The van der Waals surface area contributed by atoms with Gasteiger partial charge >= 0.3 is 6.18 Å². The van der Waals surface area contributed by atoms with E-state index in [1.54, 1.807) is 31.7 Å². The van der Waals surface area contributed by atoms with Crippen LogP contribution in [0, 0.1) is 13.8 Å². The molecule has 7 heteroatoms. The normalized spacial score (nSPS) is 18.8. The maximum Gasteiger partial charge on any atom is 0.390 e. The first-order chi connectivity index (χ1) is 10.7. The van der Waals surface area contributed by atoms with Crippen molar-refractivity contribution in [1.82, 2.24) is 9.80 Å². The summed E-state index contributed by atoms with van der Waals surface area (Å²) in [4.78, 5) is 16.1. The molecule has 0 bridgehead atoms. The van der Waals surface area contributed by atoms with Gasteiger partial charge in [-0.2, -0.15) is 13.2 Å². The van der Waals surface area contributed by atoms with Gasteiger partial charge in [-0.15, -0.1) is 0 Å². The summed E-state index contributed by atoms with van der Waals surface area (Å²) in [6, 6.07) is 1.15. The molecule has 1 aromatic rings. The molecule has 2 heterocycles. The molecule has 4 nitrogen and oxygen atoms in total. The Kier molecular flexibility index (Phi) is 5.39. The molecule has 0 saturated carbocycles. The van der Waals surface area contributed by atoms with Crippen molar-refractivity contribution in [2.75, 3.05) is 26.2 Å². The van der Waals surface area contributed by atoms with Crippen LogP contribution in [0.5, 0.6) is 0 Å². The van der Waals surface area contributed by atoms with E-state index in [9.17, 15) is 18.0 Å². The number of halogens is 3. The second-order valence-electron chi connectivity index (χ2n) is 6.18. The number of hydrogen-bond donors (Lipinski definition) is 0. The first-order valence-electron chi connectivity index (χ1n) is 7.84. The van der Waals surface area contributed by atoms with E-state index in [1.807, 2.05) is 4.90 Å². The van der Waals surface area contributed by atoms with Crippen molar-refractivity contribution < 1.29 is 22.4 Å². The van der Waals surface area contributed by atoms with Gasteiger partial charge in [-0.1, -0.05) is 0 Å². The molecule has 1 unspecified atom stereocenters. The lowest BCUT2D eigenvalue weighted by Crippen LogP contribution is -2.40. The van der Waals surface area contributed by atoms with Crippen LogP contribution in [-0.2, 0) is 0 Å². The van der Waals surface area contributed by atoms with Crippen LogP contribution in [0.3, 0.4) is 0 Å². The zero-order valence-corrected chi connectivity index (χ0v) is 13.7. The number of hydrogen-bond acceptors (Lipinski definition) is 3. The highest BCUT2D eigenvalue weighted by atomic mass is 19.4. The minimum atomic E-state index is -4.16. The molecule has 1 fully saturated rings. The molecule has 0 N–H and O–H groups in total. The third kappa shape index (κ3) is 4.73. The Labute approximate surface area is 134 Å². The van der Waals surface area contributed by atoms with Crippen LogP contribution in [-0.4, -0.2) is 54.1 Å². The number of rotatable bonds is 3. The second-order valence-corrected chi connectivity index (χ2v) is 6.18. The van der Waals surface area contributed by atoms with E-state index in [0.29, 0.717) is 49.7 Å². The highest BCUT2D eigenvalue weighted by Crippen LogP contribution is 2.25. The molecule has 130 valence electrons. The fourth-order valence-electron chi connectivity index (χ4n) is 3.06. The summed E-state index contributed by atoms with van der Waals surface area (Å²) in [5.74, 6) is 1.16. The van der Waals surface area contributed by atoms with Crippen LogP contribution in [0.1, 0.15) is 41.6 Å². The van der Waals surface area contributed by atoms with Crippen molar-refractivity contribution in [3.8, 4) is 0 Å². The Morgan fingerprint density at radius 1 is 1.26 bits per heavy atom. The van der Waals surface area contributed by atoms with Gasteiger partial charge in [0.25, 0.3) is 5.91 Å². The summed E-state index contributed by atoms with van der Waals surface area (Å²) in [6.45, 7) is 7.14. The summed E-state index contributed by atoms with van der Waals surface area (Å²) in [7, 11) is 0. The molecular formula is C16H23F3N2O2. The molecule has 0 spiro atoms. The highest BCUT2D eigenvalue weighted by molar-refractivity contribution is 5.95. The third-order valence-corrected chi connectivity index (χ3v) is 4.24. The van der Waals surface area contributed by atoms with Crippen molar-refractivity contribution in [3.05, 3.63) is 23.2 Å². The SMILES string of the molecule is Cc1cc(C(=O)N2CCCN(C(C)CC(F)(F)F)CC2)c(C)o1. The molecule has 0 aromatic carbocycles. The van der Waals surface area contributed by atoms with Crippen molar-refractivity contribution in [2.45, 2.75) is 45.8 Å². The molecular weight excluding hydrogens is 309 g/mol. The number of alkyl halides is 3. The molecule has 0 radical (unpaired) electrons. The van der Waals surface area contributed by atoms with Crippen LogP contribution in [0.2, 0.25) is 0 Å². The highest BCUT2D eigenvalue weighted by Gasteiger charge is 2.33. The van der Waals surface area contributed by atoms with Crippen molar-refractivity contribution in [1.29, 1.82) is 0 Å². The van der Waals surface area contributed by atoms with Crippen molar-refractivity contribution in [3.63, 3.8) is 0 Å². The van der Waals surface area contributed by atoms with Crippen LogP contribution in [0.15, 0.2) is 10.5 Å². The van der Waals surface area contributed by atoms with Gasteiger partial charge < -0.3 is 9.32 Å². The van der Waals surface area contributed by atoms with Gasteiger partial charge in [0.15, 0.2) is 0 Å². The molecule has 1 saturated heterocycles. The Morgan fingerprint density at radius 3 is 2.52 bits per heavy atom. The molecule has 1 amide bonds. The van der Waals surface area contributed by atoms with E-state index in [0.717, 1.165) is 0 Å². The number of carbonyl (C=O) groups excluding carboxylic acids is 1. The zero-order valence-electron chi connectivity index (χ0n) is 13.7. The lowest BCUT2D eigenvalue weighted by molar-refractivity contribution is -0.145. The first-order valence-corrected chi connectivity index (χ1v) is 7.84. The zero-order chi connectivity index (χ0) is 17.2. The molecule has 2 rings (SSSR count). The standard InChI is InChI=1S/C16H23F3N2O2/c1-11(10-16(17,18)19)20-5-4-6-21(8-7-20)15(22)14-9-12(2)23-13(14)3/h9,11H,4-8,10H2,1-3H3. The fraction of sp³-hybridized carbons (Fsp3) is 0.688. The van der Waals surface area contributed by atoms with E-state index in [-0.39, 0.29) is 5.91 Å². The second kappa shape index (κ2) is 6.95. The van der Waals surface area contributed by atoms with Crippen molar-refractivity contribution in [2.24, 2.45) is 0 Å². The Morgan fingerprint density at radius 2 is 1.96 bits per heavy atom. The smallest absolute Gasteiger partial charge is 0.390 e. The largest absolute Gasteiger partial charge is 0.466 e. The first kappa shape index (κ1) is 17.8. The van der Waals surface area contributed by atoms with Crippen LogP contribution in [0.25, 0.3) is 0 Å². The molecule has 1 atom stereocenters. The van der Waals surface area contributed by atoms with Gasteiger partial charge in [-0.25, -0.2) is 0 Å². The summed E-state index contributed by atoms with van der Waals surface area (Å²) < 4.78 is 43.0. The monoisotopic (exact) mass is 332 g/mol. The summed E-state index contributed by atoms with van der Waals surface area (Å²) in [5, 5.41) is 0. The predicted molar refractivity (Wildman–Crippen MR) is 80.4 cm³/mol. The number of nitrogens with zero attached hydrogens (tertiary/aromatic N) is 2. The predicted octanol–water partition coefficient (Wildman–Crippen LogP) is 3.39. The number of aryl methyl sites for hydroxylation is 2. The average molecular weight is 332 g/mol. The fourth-order valence-corrected chi connectivity index (χ4v) is 3.06. The molecule has 1 aromatic heterocycles. The van der Waals surface area contributed by atoms with Gasteiger partial charge in [0, 0.05) is 32.2 Å². The van der Waals surface area contributed by atoms with Gasteiger partial charge in [-0.3, -0.25) is 9.69 Å². The average Bonchev–Trinajstić information content (AvgIpc) is 2.64. The summed E-state index contributed by atoms with van der Waals surface area (Å²) in [6.07, 6.45) is -4.31. The van der Waals surface area contributed by atoms with Gasteiger partial charge in [0.05, 0.1) is 12.0 Å². The van der Waals surface area contributed by atoms with E-state index >= 15 is 0 Å². The third-order valence-electron chi connectivity index (χ3n) is 4.24. The van der Waals surface area contributed by atoms with Crippen molar-refractivity contribution >= 4 is 5.91 Å². The maximum absolute atomic E-state index is 12.6. The topological polar surface area (TPSA) is 36.7 Å².